The third-order valence-electron chi connectivity index (χ3n) is 1.35. The van der Waals surface area contributed by atoms with Crippen molar-refractivity contribution in [3.8, 4) is 6.07 Å². The summed E-state index contributed by atoms with van der Waals surface area (Å²) in [7, 11) is 0. The van der Waals surface area contributed by atoms with E-state index in [1.54, 1.807) is 23.0 Å². The summed E-state index contributed by atoms with van der Waals surface area (Å²) in [4.78, 5) is 6.79. The molecular weight excluding hydrogens is 128 g/mol. The number of hydrogen-bond acceptors (Lipinski definition) is 2. The highest BCUT2D eigenvalue weighted by Gasteiger charge is 1.99. The predicted molar refractivity (Wildman–Crippen MR) is 34.3 cm³/mol. The van der Waals surface area contributed by atoms with Gasteiger partial charge >= 0.3 is 0 Å². The first-order valence-electron chi connectivity index (χ1n) is 2.82. The number of imidazole rings is 2. The fourth-order valence-electron chi connectivity index (χ4n) is 0.893. The minimum Gasteiger partial charge on any atom is -0.329 e. The SMILES string of the molecule is N#Cc1c[nH]c2nccn12. The summed E-state index contributed by atoms with van der Waals surface area (Å²) in [6.07, 6.45) is 5.01. The number of nitrogens with one attached hydrogen (secondary N) is 1. The molecule has 0 aliphatic rings. The van der Waals surface area contributed by atoms with E-state index in [2.05, 4.69) is 9.97 Å². The van der Waals surface area contributed by atoms with Gasteiger partial charge in [-0.2, -0.15) is 5.26 Å². The molecule has 4 heteroatoms. The molecule has 10 heavy (non-hydrogen) atoms. The third-order valence-corrected chi connectivity index (χ3v) is 1.35. The van der Waals surface area contributed by atoms with E-state index < -0.39 is 0 Å². The van der Waals surface area contributed by atoms with Gasteiger partial charge in [0.1, 0.15) is 11.8 Å². The van der Waals surface area contributed by atoms with Crippen LogP contribution in [0.15, 0.2) is 18.6 Å². The van der Waals surface area contributed by atoms with Crippen LogP contribution in [0.2, 0.25) is 0 Å². The minimum absolute atomic E-state index is 0.576. The number of rotatable bonds is 0. The lowest BCUT2D eigenvalue weighted by atomic mass is 10.5. The summed E-state index contributed by atoms with van der Waals surface area (Å²) in [6.45, 7) is 0. The van der Waals surface area contributed by atoms with Crippen molar-refractivity contribution in [2.75, 3.05) is 0 Å². The average molecular weight is 132 g/mol. The molecule has 0 bridgehead atoms. The molecule has 0 aromatic carbocycles. The Morgan fingerprint density at radius 3 is 3.40 bits per heavy atom. The minimum atomic E-state index is 0.576. The van der Waals surface area contributed by atoms with Gasteiger partial charge in [0.25, 0.3) is 0 Å². The molecule has 0 saturated heterocycles. The quantitative estimate of drug-likeness (QED) is 0.568. The third kappa shape index (κ3) is 0.463. The van der Waals surface area contributed by atoms with Crippen LogP contribution >= 0.6 is 0 Å². The van der Waals surface area contributed by atoms with E-state index in [0.717, 1.165) is 0 Å². The predicted octanol–water partition coefficient (Wildman–Crippen LogP) is 0.534. The standard InChI is InChI=1S/C6H4N4/c7-3-5-4-9-6-8-1-2-10(5)6/h1-2,4H,(H,8,9). The second kappa shape index (κ2) is 1.61. The Balaban J connectivity index is 2.92. The molecule has 4 nitrogen and oxygen atoms in total. The lowest BCUT2D eigenvalue weighted by molar-refractivity contribution is 1.17. The van der Waals surface area contributed by atoms with E-state index >= 15 is 0 Å². The zero-order chi connectivity index (χ0) is 6.97. The Morgan fingerprint density at radius 2 is 2.60 bits per heavy atom. The maximum absolute atomic E-state index is 8.52. The van der Waals surface area contributed by atoms with Gasteiger partial charge in [-0.3, -0.25) is 4.40 Å². The molecular formula is C6H4N4. The van der Waals surface area contributed by atoms with Crippen LogP contribution in [0.3, 0.4) is 0 Å². The average Bonchev–Trinajstić information content (AvgIpc) is 2.44. The Bertz CT molecular complexity index is 389. The highest BCUT2D eigenvalue weighted by molar-refractivity contribution is 5.36. The van der Waals surface area contributed by atoms with Crippen molar-refractivity contribution in [3.63, 3.8) is 0 Å². The highest BCUT2D eigenvalue weighted by atomic mass is 15.1. The Morgan fingerprint density at radius 1 is 1.70 bits per heavy atom. The Kier molecular flexibility index (Phi) is 0.814. The van der Waals surface area contributed by atoms with Gasteiger partial charge in [0.15, 0.2) is 0 Å². The number of fused-ring (bicyclic) bond motifs is 1. The molecule has 0 radical (unpaired) electrons. The smallest absolute Gasteiger partial charge is 0.212 e. The molecule has 1 N–H and O–H groups in total. The van der Waals surface area contributed by atoms with E-state index in [-0.39, 0.29) is 0 Å². The topological polar surface area (TPSA) is 56.9 Å². The molecule has 2 heterocycles. The van der Waals surface area contributed by atoms with Gasteiger partial charge in [-0.15, -0.1) is 0 Å². The van der Waals surface area contributed by atoms with Crippen molar-refractivity contribution < 1.29 is 0 Å². The fourth-order valence-corrected chi connectivity index (χ4v) is 0.893. The van der Waals surface area contributed by atoms with Crippen LogP contribution in [0.25, 0.3) is 5.78 Å². The van der Waals surface area contributed by atoms with Gasteiger partial charge in [-0.05, 0) is 0 Å². The number of aromatic amines is 1. The zero-order valence-electron chi connectivity index (χ0n) is 5.07. The van der Waals surface area contributed by atoms with Crippen molar-refractivity contribution >= 4 is 5.78 Å². The van der Waals surface area contributed by atoms with Gasteiger partial charge in [-0.25, -0.2) is 4.98 Å². The summed E-state index contributed by atoms with van der Waals surface area (Å²) in [5.74, 6) is 0.705. The molecule has 0 aliphatic carbocycles. The summed E-state index contributed by atoms with van der Waals surface area (Å²) in [6, 6.07) is 2.03. The molecule has 2 aromatic rings. The first kappa shape index (κ1) is 5.06. The molecule has 48 valence electrons. The van der Waals surface area contributed by atoms with Crippen molar-refractivity contribution in [1.29, 1.82) is 5.26 Å². The number of nitrogens with zero attached hydrogens (tertiary/aromatic N) is 3. The van der Waals surface area contributed by atoms with Gasteiger partial charge in [0.2, 0.25) is 5.78 Å². The van der Waals surface area contributed by atoms with Crippen molar-refractivity contribution in [2.24, 2.45) is 0 Å². The first-order chi connectivity index (χ1) is 4.92. The van der Waals surface area contributed by atoms with Crippen LogP contribution in [-0.2, 0) is 0 Å². The number of H-pyrrole nitrogens is 1. The zero-order valence-corrected chi connectivity index (χ0v) is 5.07. The van der Waals surface area contributed by atoms with Crippen LogP contribution in [-0.4, -0.2) is 14.4 Å². The molecule has 0 unspecified atom stereocenters. The van der Waals surface area contributed by atoms with Crippen molar-refractivity contribution in [3.05, 3.63) is 24.3 Å². The molecule has 0 fully saturated rings. The fraction of sp³-hybridized carbons (Fsp3) is 0. The first-order valence-corrected chi connectivity index (χ1v) is 2.82. The second-order valence-electron chi connectivity index (χ2n) is 1.91. The van der Waals surface area contributed by atoms with Gasteiger partial charge in [0.05, 0.1) is 0 Å². The lowest BCUT2D eigenvalue weighted by Gasteiger charge is -1.79. The number of nitriles is 1. The number of aromatic nitrogens is 3. The van der Waals surface area contributed by atoms with Crippen LogP contribution in [0.4, 0.5) is 0 Å². The van der Waals surface area contributed by atoms with E-state index in [4.69, 9.17) is 5.26 Å². The molecule has 0 atom stereocenters. The van der Waals surface area contributed by atoms with E-state index in [1.807, 2.05) is 6.07 Å². The largest absolute Gasteiger partial charge is 0.329 e. The Labute approximate surface area is 56.7 Å². The van der Waals surface area contributed by atoms with Crippen LogP contribution < -0.4 is 0 Å². The number of hydrogen-bond donors (Lipinski definition) is 1. The summed E-state index contributed by atoms with van der Waals surface area (Å²) in [5.41, 5.74) is 0.576. The van der Waals surface area contributed by atoms with Crippen LogP contribution in [0.5, 0.6) is 0 Å². The Hall–Kier alpha value is -1.76. The van der Waals surface area contributed by atoms with E-state index in [1.165, 1.54) is 0 Å². The summed E-state index contributed by atoms with van der Waals surface area (Å²) in [5, 5.41) is 8.52. The summed E-state index contributed by atoms with van der Waals surface area (Å²) < 4.78 is 1.69. The van der Waals surface area contributed by atoms with Gasteiger partial charge < -0.3 is 4.98 Å². The molecule has 2 rings (SSSR count). The highest BCUT2D eigenvalue weighted by Crippen LogP contribution is 2.01. The summed E-state index contributed by atoms with van der Waals surface area (Å²) >= 11 is 0. The van der Waals surface area contributed by atoms with Crippen molar-refractivity contribution in [2.45, 2.75) is 0 Å². The molecule has 0 saturated carbocycles. The molecule has 0 spiro atoms. The normalized spacial score (nSPS) is 9.90. The van der Waals surface area contributed by atoms with Gasteiger partial charge in [0, 0.05) is 18.6 Å². The molecule has 0 aliphatic heterocycles. The maximum atomic E-state index is 8.52. The van der Waals surface area contributed by atoms with Gasteiger partial charge in [-0.1, -0.05) is 0 Å². The van der Waals surface area contributed by atoms with Crippen LogP contribution in [0, 0.1) is 11.3 Å². The lowest BCUT2D eigenvalue weighted by Crippen LogP contribution is -1.79. The van der Waals surface area contributed by atoms with E-state index in [9.17, 15) is 0 Å². The molecule has 0 amide bonds. The van der Waals surface area contributed by atoms with Crippen LogP contribution in [0.1, 0.15) is 5.69 Å². The monoisotopic (exact) mass is 132 g/mol. The maximum Gasteiger partial charge on any atom is 0.212 e. The van der Waals surface area contributed by atoms with Crippen molar-refractivity contribution in [1.82, 2.24) is 14.4 Å². The molecule has 2 aromatic heterocycles. The second-order valence-corrected chi connectivity index (χ2v) is 1.91. The van der Waals surface area contributed by atoms with E-state index in [0.29, 0.717) is 11.5 Å².